The van der Waals surface area contributed by atoms with Crippen molar-refractivity contribution in [3.8, 4) is 0 Å². The van der Waals surface area contributed by atoms with Crippen molar-refractivity contribution in [2.75, 3.05) is 19.6 Å². The van der Waals surface area contributed by atoms with E-state index in [0.29, 0.717) is 18.7 Å². The molecule has 1 aromatic rings. The highest BCUT2D eigenvalue weighted by Gasteiger charge is 2.15. The Balaban J connectivity index is 1.83. The molecule has 5 nitrogen and oxygen atoms in total. The Morgan fingerprint density at radius 3 is 2.57 bits per heavy atom. The van der Waals surface area contributed by atoms with Crippen molar-refractivity contribution in [3.05, 3.63) is 34.9 Å². The van der Waals surface area contributed by atoms with Crippen LogP contribution in [-0.2, 0) is 11.3 Å². The van der Waals surface area contributed by atoms with Crippen molar-refractivity contribution in [2.24, 2.45) is 5.73 Å². The van der Waals surface area contributed by atoms with E-state index in [-0.39, 0.29) is 5.91 Å². The standard InChI is InChI=1S/C16H23N3O2/c1-12-9-13(16(17)21)5-6-14(12)10-18-11-15(20)19-7-3-2-4-8-19/h5-6,9,18H,2-4,7-8,10-11H2,1H3,(H2,17,21). The molecular weight excluding hydrogens is 266 g/mol. The van der Waals surface area contributed by atoms with E-state index in [9.17, 15) is 9.59 Å². The minimum atomic E-state index is -0.419. The van der Waals surface area contributed by atoms with Gasteiger partial charge in [-0.3, -0.25) is 9.59 Å². The first-order valence-corrected chi connectivity index (χ1v) is 7.46. The number of piperidine rings is 1. The summed E-state index contributed by atoms with van der Waals surface area (Å²) < 4.78 is 0. The molecule has 1 saturated heterocycles. The van der Waals surface area contributed by atoms with E-state index in [1.54, 1.807) is 12.1 Å². The summed E-state index contributed by atoms with van der Waals surface area (Å²) in [5.74, 6) is -0.251. The van der Waals surface area contributed by atoms with Gasteiger partial charge in [0.15, 0.2) is 0 Å². The van der Waals surface area contributed by atoms with Crippen LogP contribution in [0.25, 0.3) is 0 Å². The molecule has 3 N–H and O–H groups in total. The summed E-state index contributed by atoms with van der Waals surface area (Å²) in [4.78, 5) is 25.0. The molecule has 0 spiro atoms. The first kappa shape index (κ1) is 15.5. The lowest BCUT2D eigenvalue weighted by molar-refractivity contribution is -0.131. The largest absolute Gasteiger partial charge is 0.366 e. The molecule has 1 heterocycles. The van der Waals surface area contributed by atoms with E-state index in [2.05, 4.69) is 5.32 Å². The fraction of sp³-hybridized carbons (Fsp3) is 0.500. The molecule has 0 atom stereocenters. The fourth-order valence-corrected chi connectivity index (χ4v) is 2.61. The number of carbonyl (C=O) groups excluding carboxylic acids is 2. The van der Waals surface area contributed by atoms with Crippen LogP contribution in [0.2, 0.25) is 0 Å². The second kappa shape index (κ2) is 7.22. The lowest BCUT2D eigenvalue weighted by Gasteiger charge is -2.26. The number of carbonyl (C=O) groups is 2. The van der Waals surface area contributed by atoms with Gasteiger partial charge in [0.2, 0.25) is 11.8 Å². The van der Waals surface area contributed by atoms with Gasteiger partial charge in [-0.2, -0.15) is 0 Å². The van der Waals surface area contributed by atoms with Gasteiger partial charge >= 0.3 is 0 Å². The van der Waals surface area contributed by atoms with E-state index < -0.39 is 5.91 Å². The number of nitrogens with one attached hydrogen (secondary N) is 1. The molecule has 2 amide bonds. The first-order valence-electron chi connectivity index (χ1n) is 7.46. The highest BCUT2D eigenvalue weighted by Crippen LogP contribution is 2.11. The van der Waals surface area contributed by atoms with E-state index >= 15 is 0 Å². The SMILES string of the molecule is Cc1cc(C(N)=O)ccc1CNCC(=O)N1CCCCC1. The molecular formula is C16H23N3O2. The molecule has 0 unspecified atom stereocenters. The normalized spacial score (nSPS) is 15.0. The molecule has 1 fully saturated rings. The van der Waals surface area contributed by atoms with E-state index in [0.717, 1.165) is 37.1 Å². The monoisotopic (exact) mass is 289 g/mol. The van der Waals surface area contributed by atoms with Crippen LogP contribution in [0.1, 0.15) is 40.7 Å². The van der Waals surface area contributed by atoms with Gasteiger partial charge in [0.05, 0.1) is 6.54 Å². The third-order valence-corrected chi connectivity index (χ3v) is 3.93. The molecule has 0 aromatic heterocycles. The minimum Gasteiger partial charge on any atom is -0.366 e. The molecule has 1 aliphatic heterocycles. The number of amides is 2. The number of likely N-dealkylation sites (tertiary alicyclic amines) is 1. The maximum atomic E-state index is 12.0. The van der Waals surface area contributed by atoms with E-state index in [1.807, 2.05) is 17.9 Å². The van der Waals surface area contributed by atoms with Gasteiger partial charge in [-0.1, -0.05) is 6.07 Å². The number of hydrogen-bond donors (Lipinski definition) is 2. The van der Waals surface area contributed by atoms with Crippen molar-refractivity contribution in [3.63, 3.8) is 0 Å². The van der Waals surface area contributed by atoms with Crippen molar-refractivity contribution >= 4 is 11.8 Å². The van der Waals surface area contributed by atoms with Gasteiger partial charge in [0.1, 0.15) is 0 Å². The average Bonchev–Trinajstić information content (AvgIpc) is 2.49. The number of nitrogens with zero attached hydrogens (tertiary/aromatic N) is 1. The maximum absolute atomic E-state index is 12.0. The topological polar surface area (TPSA) is 75.4 Å². The molecule has 1 aliphatic rings. The molecule has 0 bridgehead atoms. The summed E-state index contributed by atoms with van der Waals surface area (Å²) in [6.45, 7) is 4.68. The van der Waals surface area contributed by atoms with Crippen molar-refractivity contribution in [1.29, 1.82) is 0 Å². The number of aryl methyl sites for hydroxylation is 1. The molecule has 5 heteroatoms. The van der Waals surface area contributed by atoms with Crippen LogP contribution < -0.4 is 11.1 Å². The molecule has 0 radical (unpaired) electrons. The predicted molar refractivity (Wildman–Crippen MR) is 81.8 cm³/mol. The van der Waals surface area contributed by atoms with Crippen LogP contribution in [-0.4, -0.2) is 36.3 Å². The first-order chi connectivity index (χ1) is 10.1. The van der Waals surface area contributed by atoms with Gasteiger partial charge in [-0.05, 0) is 49.4 Å². The molecule has 0 aliphatic carbocycles. The predicted octanol–water partition coefficient (Wildman–Crippen LogP) is 1.20. The maximum Gasteiger partial charge on any atom is 0.248 e. The Bertz CT molecular complexity index is 522. The van der Waals surface area contributed by atoms with E-state index in [4.69, 9.17) is 5.73 Å². The highest BCUT2D eigenvalue weighted by atomic mass is 16.2. The molecule has 114 valence electrons. The van der Waals surface area contributed by atoms with E-state index in [1.165, 1.54) is 6.42 Å². The number of nitrogens with two attached hydrogens (primary N) is 1. The summed E-state index contributed by atoms with van der Waals surface area (Å²) in [5, 5.41) is 3.18. The van der Waals surface area contributed by atoms with Crippen LogP contribution in [0.4, 0.5) is 0 Å². The third kappa shape index (κ3) is 4.29. The number of hydrogen-bond acceptors (Lipinski definition) is 3. The van der Waals surface area contributed by atoms with Gasteiger partial charge in [-0.25, -0.2) is 0 Å². The van der Waals surface area contributed by atoms with Crippen LogP contribution in [0.3, 0.4) is 0 Å². The Hall–Kier alpha value is -1.88. The second-order valence-electron chi connectivity index (χ2n) is 5.55. The zero-order valence-electron chi connectivity index (χ0n) is 12.5. The smallest absolute Gasteiger partial charge is 0.248 e. The van der Waals surface area contributed by atoms with Crippen LogP contribution >= 0.6 is 0 Å². The van der Waals surface area contributed by atoms with Crippen molar-refractivity contribution < 1.29 is 9.59 Å². The summed E-state index contributed by atoms with van der Waals surface area (Å²) in [7, 11) is 0. The average molecular weight is 289 g/mol. The number of benzene rings is 1. The second-order valence-corrected chi connectivity index (χ2v) is 5.55. The van der Waals surface area contributed by atoms with Gasteiger partial charge < -0.3 is 16.0 Å². The molecule has 21 heavy (non-hydrogen) atoms. The lowest BCUT2D eigenvalue weighted by Crippen LogP contribution is -2.41. The molecule has 0 saturated carbocycles. The van der Waals surface area contributed by atoms with Crippen molar-refractivity contribution in [2.45, 2.75) is 32.7 Å². The number of primary amides is 1. The van der Waals surface area contributed by atoms with Crippen molar-refractivity contribution in [1.82, 2.24) is 10.2 Å². The fourth-order valence-electron chi connectivity index (χ4n) is 2.61. The Morgan fingerprint density at radius 2 is 1.95 bits per heavy atom. The summed E-state index contributed by atoms with van der Waals surface area (Å²) in [6.07, 6.45) is 3.45. The lowest BCUT2D eigenvalue weighted by atomic mass is 10.0. The Morgan fingerprint density at radius 1 is 1.24 bits per heavy atom. The Labute approximate surface area is 125 Å². The zero-order valence-corrected chi connectivity index (χ0v) is 12.5. The quantitative estimate of drug-likeness (QED) is 0.855. The number of rotatable bonds is 5. The zero-order chi connectivity index (χ0) is 15.2. The molecule has 2 rings (SSSR count). The third-order valence-electron chi connectivity index (χ3n) is 3.93. The van der Waals surface area contributed by atoms with Crippen LogP contribution in [0.15, 0.2) is 18.2 Å². The summed E-state index contributed by atoms with van der Waals surface area (Å²) in [6, 6.07) is 5.39. The summed E-state index contributed by atoms with van der Waals surface area (Å²) >= 11 is 0. The van der Waals surface area contributed by atoms with Crippen LogP contribution in [0, 0.1) is 6.92 Å². The van der Waals surface area contributed by atoms with Gasteiger partial charge in [0.25, 0.3) is 0 Å². The van der Waals surface area contributed by atoms with Gasteiger partial charge in [0, 0.05) is 25.2 Å². The summed E-state index contributed by atoms with van der Waals surface area (Å²) in [5.41, 5.74) is 7.84. The minimum absolute atomic E-state index is 0.168. The van der Waals surface area contributed by atoms with Crippen LogP contribution in [0.5, 0.6) is 0 Å². The van der Waals surface area contributed by atoms with Gasteiger partial charge in [-0.15, -0.1) is 0 Å². The Kier molecular flexibility index (Phi) is 5.33. The highest BCUT2D eigenvalue weighted by molar-refractivity contribution is 5.93. The molecule has 1 aromatic carbocycles.